The van der Waals surface area contributed by atoms with Gasteiger partial charge in [-0.2, -0.15) is 0 Å². The van der Waals surface area contributed by atoms with Crippen molar-refractivity contribution in [3.05, 3.63) is 68.9 Å². The highest BCUT2D eigenvalue weighted by Gasteiger charge is 2.39. The number of hydrogen-bond acceptors (Lipinski definition) is 1. The molecule has 3 rings (SSSR count). The Kier molecular flexibility index (Phi) is 3.85. The molecule has 2 aromatic rings. The van der Waals surface area contributed by atoms with Crippen LogP contribution in [0.5, 0.6) is 0 Å². The summed E-state index contributed by atoms with van der Waals surface area (Å²) in [4.78, 5) is 0. The van der Waals surface area contributed by atoms with E-state index in [1.54, 1.807) is 6.07 Å². The van der Waals surface area contributed by atoms with Crippen molar-refractivity contribution in [1.82, 2.24) is 5.32 Å². The van der Waals surface area contributed by atoms with Crippen LogP contribution in [0, 0.1) is 5.82 Å². The van der Waals surface area contributed by atoms with Crippen molar-refractivity contribution in [1.29, 1.82) is 0 Å². The van der Waals surface area contributed by atoms with Gasteiger partial charge in [0.05, 0.1) is 0 Å². The van der Waals surface area contributed by atoms with Gasteiger partial charge in [0.15, 0.2) is 0 Å². The number of halogens is 3. The molecule has 1 fully saturated rings. The Balaban J connectivity index is 1.91. The van der Waals surface area contributed by atoms with E-state index in [-0.39, 0.29) is 11.2 Å². The topological polar surface area (TPSA) is 12.0 Å². The lowest BCUT2D eigenvalue weighted by atomic mass is 9.71. The van der Waals surface area contributed by atoms with Crippen molar-refractivity contribution in [2.75, 3.05) is 13.1 Å². The van der Waals surface area contributed by atoms with Crippen LogP contribution < -0.4 is 5.32 Å². The number of hydrogen-bond donors (Lipinski definition) is 1. The minimum atomic E-state index is -0.289. The van der Waals surface area contributed by atoms with Gasteiger partial charge >= 0.3 is 0 Å². The van der Waals surface area contributed by atoms with Gasteiger partial charge in [0.25, 0.3) is 0 Å². The van der Waals surface area contributed by atoms with Crippen LogP contribution in [-0.2, 0) is 11.8 Å². The van der Waals surface area contributed by atoms with E-state index in [0.717, 1.165) is 29.5 Å². The van der Waals surface area contributed by atoms with E-state index in [4.69, 9.17) is 11.6 Å². The van der Waals surface area contributed by atoms with Gasteiger partial charge in [-0.05, 0) is 41.8 Å². The summed E-state index contributed by atoms with van der Waals surface area (Å²) in [6.07, 6.45) is 0.820. The third-order valence-electron chi connectivity index (χ3n) is 3.93. The van der Waals surface area contributed by atoms with E-state index < -0.39 is 0 Å². The van der Waals surface area contributed by atoms with Crippen molar-refractivity contribution < 1.29 is 4.39 Å². The highest BCUT2D eigenvalue weighted by Crippen LogP contribution is 2.35. The van der Waals surface area contributed by atoms with Crippen LogP contribution >= 0.6 is 27.5 Å². The van der Waals surface area contributed by atoms with E-state index in [0.29, 0.717) is 5.02 Å². The molecule has 0 aromatic heterocycles. The number of nitrogens with one attached hydrogen (secondary N) is 1. The highest BCUT2D eigenvalue weighted by molar-refractivity contribution is 9.10. The van der Waals surface area contributed by atoms with Gasteiger partial charge in [-0.3, -0.25) is 0 Å². The molecule has 0 amide bonds. The molecule has 0 saturated carbocycles. The van der Waals surface area contributed by atoms with E-state index >= 15 is 0 Å². The molecule has 0 spiro atoms. The molecule has 20 heavy (non-hydrogen) atoms. The van der Waals surface area contributed by atoms with Crippen molar-refractivity contribution in [3.63, 3.8) is 0 Å². The first-order chi connectivity index (χ1) is 9.59. The first kappa shape index (κ1) is 14.1. The lowest BCUT2D eigenvalue weighted by molar-refractivity contribution is 0.274. The maximum absolute atomic E-state index is 13.1. The molecule has 1 heterocycles. The smallest absolute Gasteiger partial charge is 0.124 e. The maximum Gasteiger partial charge on any atom is 0.124 e. The van der Waals surface area contributed by atoms with Crippen LogP contribution in [0.1, 0.15) is 11.1 Å². The molecule has 0 unspecified atom stereocenters. The standard InChI is InChI=1S/C16H14BrClFN/c17-13-4-2-12(3-5-13)16(9-20-10-16)8-11-1-6-14(19)7-15(11)18/h1-7,20H,8-10H2. The zero-order chi connectivity index (χ0) is 14.2. The minimum absolute atomic E-state index is 0.0577. The molecule has 4 heteroatoms. The van der Waals surface area contributed by atoms with Crippen LogP contribution in [0.2, 0.25) is 5.02 Å². The predicted octanol–water partition coefficient (Wildman–Crippen LogP) is 4.33. The Labute approximate surface area is 131 Å². The lowest BCUT2D eigenvalue weighted by Gasteiger charge is -2.43. The molecule has 1 N–H and O–H groups in total. The second-order valence-corrected chi connectivity index (χ2v) is 6.63. The number of benzene rings is 2. The maximum atomic E-state index is 13.1. The molecule has 0 radical (unpaired) electrons. The van der Waals surface area contributed by atoms with Gasteiger partial charge in [0.1, 0.15) is 5.82 Å². The fourth-order valence-corrected chi connectivity index (χ4v) is 3.19. The third-order valence-corrected chi connectivity index (χ3v) is 4.81. The van der Waals surface area contributed by atoms with Gasteiger partial charge in [-0.15, -0.1) is 0 Å². The summed E-state index contributed by atoms with van der Waals surface area (Å²) in [7, 11) is 0. The largest absolute Gasteiger partial charge is 0.315 e. The zero-order valence-corrected chi connectivity index (χ0v) is 13.1. The summed E-state index contributed by atoms with van der Waals surface area (Å²) < 4.78 is 14.2. The van der Waals surface area contributed by atoms with E-state index in [2.05, 4.69) is 45.5 Å². The van der Waals surface area contributed by atoms with Gasteiger partial charge < -0.3 is 5.32 Å². The van der Waals surface area contributed by atoms with Crippen LogP contribution in [-0.4, -0.2) is 13.1 Å². The molecule has 0 bridgehead atoms. The monoisotopic (exact) mass is 353 g/mol. The zero-order valence-electron chi connectivity index (χ0n) is 10.8. The van der Waals surface area contributed by atoms with Gasteiger partial charge in [-0.25, -0.2) is 4.39 Å². The van der Waals surface area contributed by atoms with E-state index in [1.807, 2.05) is 0 Å². The van der Waals surface area contributed by atoms with Crippen molar-refractivity contribution >= 4 is 27.5 Å². The molecule has 104 valence electrons. The van der Waals surface area contributed by atoms with Crippen molar-refractivity contribution in [2.45, 2.75) is 11.8 Å². The Bertz CT molecular complexity index is 623. The summed E-state index contributed by atoms with van der Waals surface area (Å²) in [5, 5.41) is 3.85. The Morgan fingerprint density at radius 1 is 1.15 bits per heavy atom. The molecule has 0 aliphatic carbocycles. The third kappa shape index (κ3) is 2.62. The summed E-state index contributed by atoms with van der Waals surface area (Å²) in [6, 6.07) is 13.0. The molecule has 1 aliphatic heterocycles. The van der Waals surface area contributed by atoms with Crippen LogP contribution in [0.3, 0.4) is 0 Å². The van der Waals surface area contributed by atoms with Gasteiger partial charge in [0.2, 0.25) is 0 Å². The second-order valence-electron chi connectivity index (χ2n) is 5.30. The fourth-order valence-electron chi connectivity index (χ4n) is 2.69. The van der Waals surface area contributed by atoms with Crippen LogP contribution in [0.4, 0.5) is 4.39 Å². The molecule has 1 saturated heterocycles. The van der Waals surface area contributed by atoms with Crippen LogP contribution in [0.25, 0.3) is 0 Å². The number of rotatable bonds is 3. The fraction of sp³-hybridized carbons (Fsp3) is 0.250. The van der Waals surface area contributed by atoms with Crippen molar-refractivity contribution in [2.24, 2.45) is 0 Å². The summed E-state index contributed by atoms with van der Waals surface area (Å²) >= 11 is 9.62. The molecule has 2 aromatic carbocycles. The summed E-state index contributed by atoms with van der Waals surface area (Å²) in [5.74, 6) is -0.289. The lowest BCUT2D eigenvalue weighted by Crippen LogP contribution is -2.58. The van der Waals surface area contributed by atoms with E-state index in [9.17, 15) is 4.39 Å². The molecule has 1 nitrogen and oxygen atoms in total. The van der Waals surface area contributed by atoms with Crippen molar-refractivity contribution in [3.8, 4) is 0 Å². The summed E-state index contributed by atoms with van der Waals surface area (Å²) in [5.41, 5.74) is 2.35. The normalized spacial score (nSPS) is 16.8. The molecule has 1 aliphatic rings. The second kappa shape index (κ2) is 5.47. The van der Waals surface area contributed by atoms with Gasteiger partial charge in [-0.1, -0.05) is 45.7 Å². The summed E-state index contributed by atoms with van der Waals surface area (Å²) in [6.45, 7) is 1.84. The highest BCUT2D eigenvalue weighted by atomic mass is 79.9. The average Bonchev–Trinajstić information content (AvgIpc) is 2.37. The average molecular weight is 355 g/mol. The first-order valence-corrected chi connectivity index (χ1v) is 7.67. The Hall–Kier alpha value is -0.900. The SMILES string of the molecule is Fc1ccc(CC2(c3ccc(Br)cc3)CNC2)c(Cl)c1. The first-order valence-electron chi connectivity index (χ1n) is 6.50. The molecule has 0 atom stereocenters. The molecular weight excluding hydrogens is 341 g/mol. The molecular formula is C16H14BrClFN. The van der Waals surface area contributed by atoms with E-state index in [1.165, 1.54) is 17.7 Å². The van der Waals surface area contributed by atoms with Gasteiger partial charge in [0, 0.05) is 28.0 Å². The van der Waals surface area contributed by atoms with Crippen LogP contribution in [0.15, 0.2) is 46.9 Å². The Morgan fingerprint density at radius 2 is 1.85 bits per heavy atom. The predicted molar refractivity (Wildman–Crippen MR) is 83.8 cm³/mol. The quantitative estimate of drug-likeness (QED) is 0.865. The Morgan fingerprint density at radius 3 is 2.40 bits per heavy atom. The minimum Gasteiger partial charge on any atom is -0.315 e.